The molecule has 2 aromatic heterocycles. The Hall–Kier alpha value is -5.53. The third-order valence-corrected chi connectivity index (χ3v) is 12.2. The van der Waals surface area contributed by atoms with Crippen LogP contribution in [0.15, 0.2) is 164 Å². The zero-order valence-corrected chi connectivity index (χ0v) is 27.2. The van der Waals surface area contributed by atoms with Crippen molar-refractivity contribution in [1.82, 2.24) is 4.98 Å². The molecule has 10 rings (SSSR count). The van der Waals surface area contributed by atoms with Gasteiger partial charge in [0.05, 0.1) is 0 Å². The van der Waals surface area contributed by atoms with Crippen LogP contribution in [0.1, 0.15) is 0 Å². The van der Waals surface area contributed by atoms with Crippen molar-refractivity contribution in [2.75, 3.05) is 0 Å². The summed E-state index contributed by atoms with van der Waals surface area (Å²) in [5.41, 5.74) is 7.29. The van der Waals surface area contributed by atoms with Crippen LogP contribution in [0.2, 0.25) is 0 Å². The number of hydrogen-bond donors (Lipinski definition) is 0. The van der Waals surface area contributed by atoms with E-state index in [1.165, 1.54) is 90.2 Å². The minimum atomic E-state index is 0.214. The van der Waals surface area contributed by atoms with E-state index in [1.807, 2.05) is 6.20 Å². The fraction of sp³-hybridized carbons (Fsp3) is 0. The Morgan fingerprint density at radius 2 is 0.894 bits per heavy atom. The Labute approximate surface area is 278 Å². The van der Waals surface area contributed by atoms with Gasteiger partial charge < -0.3 is 0 Å². The molecule has 8 aromatic carbocycles. The predicted octanol–water partition coefficient (Wildman–Crippen LogP) is 12.1. The summed E-state index contributed by atoms with van der Waals surface area (Å²) < 4.78 is 2.81. The van der Waals surface area contributed by atoms with E-state index >= 15 is 0 Å². The van der Waals surface area contributed by atoms with Gasteiger partial charge in [0, 0.05) is 0 Å². The molecule has 218 valence electrons. The number of aromatic nitrogens is 1. The molecule has 2 heteroatoms. The zero-order valence-electron chi connectivity index (χ0n) is 25.4. The molecular weight excluding hydrogens is 633 g/mol. The molecule has 2 heterocycles. The summed E-state index contributed by atoms with van der Waals surface area (Å²) in [6, 6.07) is 58.2. The first-order valence-corrected chi connectivity index (χ1v) is 17.7. The number of nitrogens with zero attached hydrogens (tertiary/aromatic N) is 1. The first kappa shape index (κ1) is 26.7. The van der Waals surface area contributed by atoms with Crippen LogP contribution in [0.5, 0.6) is 0 Å². The standard InChI is InChI=1S/C45H27NSe/c1-3-11-30-25-32(19-17-28(30)9-1)42-36-14-5-6-15-37(36)43(33-20-18-29-10-2-4-12-31(29)26-33)40-27-34(21-22-38(40)42)44-45-39(23-24-46-44)35-13-7-8-16-41(35)47-45/h1-27H. The van der Waals surface area contributed by atoms with Gasteiger partial charge in [-0.05, 0) is 0 Å². The van der Waals surface area contributed by atoms with Gasteiger partial charge in [-0.25, -0.2) is 0 Å². The Kier molecular flexibility index (Phi) is 5.96. The molecule has 0 spiro atoms. The molecule has 0 radical (unpaired) electrons. The van der Waals surface area contributed by atoms with Crippen molar-refractivity contribution in [3.63, 3.8) is 0 Å². The Morgan fingerprint density at radius 1 is 0.362 bits per heavy atom. The third-order valence-electron chi connectivity index (χ3n) is 9.67. The molecule has 0 N–H and O–H groups in total. The third kappa shape index (κ3) is 4.20. The van der Waals surface area contributed by atoms with Crippen molar-refractivity contribution in [3.05, 3.63) is 164 Å². The fourth-order valence-corrected chi connectivity index (χ4v) is 10.0. The van der Waals surface area contributed by atoms with E-state index in [4.69, 9.17) is 4.98 Å². The summed E-state index contributed by atoms with van der Waals surface area (Å²) in [6.07, 6.45) is 1.99. The second kappa shape index (κ2) is 10.5. The van der Waals surface area contributed by atoms with Gasteiger partial charge in [-0.2, -0.15) is 0 Å². The van der Waals surface area contributed by atoms with Crippen LogP contribution in [0.25, 0.3) is 95.9 Å². The van der Waals surface area contributed by atoms with Gasteiger partial charge in [0.15, 0.2) is 0 Å². The Morgan fingerprint density at radius 3 is 1.57 bits per heavy atom. The van der Waals surface area contributed by atoms with Gasteiger partial charge in [0.1, 0.15) is 0 Å². The zero-order chi connectivity index (χ0) is 30.9. The van der Waals surface area contributed by atoms with Gasteiger partial charge in [-0.3, -0.25) is 0 Å². The van der Waals surface area contributed by atoms with E-state index in [-0.39, 0.29) is 14.5 Å². The molecule has 0 bridgehead atoms. The van der Waals surface area contributed by atoms with Crippen LogP contribution >= 0.6 is 0 Å². The minimum absolute atomic E-state index is 0.214. The normalized spacial score (nSPS) is 11.8. The molecule has 0 aliphatic heterocycles. The monoisotopic (exact) mass is 661 g/mol. The van der Waals surface area contributed by atoms with E-state index < -0.39 is 0 Å². The SMILES string of the molecule is c1ccc2cc(-c3c4ccccc4c(-c4ccc5ccccc5c4)c4cc(-c5nccc6c5[se]c5ccccc56)ccc34)ccc2c1. The van der Waals surface area contributed by atoms with E-state index in [0.717, 1.165) is 5.69 Å². The molecule has 0 saturated carbocycles. The average molecular weight is 661 g/mol. The molecule has 0 atom stereocenters. The summed E-state index contributed by atoms with van der Waals surface area (Å²) >= 11 is 0.214. The van der Waals surface area contributed by atoms with Gasteiger partial charge in [0.2, 0.25) is 0 Å². The van der Waals surface area contributed by atoms with Crippen LogP contribution in [0.4, 0.5) is 0 Å². The summed E-state index contributed by atoms with van der Waals surface area (Å²) in [6.45, 7) is 0. The van der Waals surface area contributed by atoms with E-state index in [0.29, 0.717) is 0 Å². The molecule has 0 aliphatic rings. The Bertz CT molecular complexity index is 2860. The summed E-state index contributed by atoms with van der Waals surface area (Å²) in [4.78, 5) is 5.05. The van der Waals surface area contributed by atoms with Crippen molar-refractivity contribution < 1.29 is 0 Å². The quantitative estimate of drug-likeness (QED) is 0.136. The molecule has 1 nitrogen and oxygen atoms in total. The van der Waals surface area contributed by atoms with E-state index in [1.54, 1.807) is 0 Å². The maximum atomic E-state index is 5.05. The van der Waals surface area contributed by atoms with Crippen LogP contribution in [-0.2, 0) is 0 Å². The van der Waals surface area contributed by atoms with Gasteiger partial charge in [0.25, 0.3) is 0 Å². The molecular formula is C45H27NSe. The number of rotatable bonds is 3. The summed E-state index contributed by atoms with van der Waals surface area (Å²) in [7, 11) is 0. The molecule has 0 aliphatic carbocycles. The molecule has 0 saturated heterocycles. The van der Waals surface area contributed by atoms with E-state index in [2.05, 4.69) is 158 Å². The van der Waals surface area contributed by atoms with Crippen molar-refractivity contribution in [2.24, 2.45) is 0 Å². The molecule has 47 heavy (non-hydrogen) atoms. The first-order chi connectivity index (χ1) is 23.3. The molecule has 0 amide bonds. The van der Waals surface area contributed by atoms with Gasteiger partial charge >= 0.3 is 273 Å². The first-order valence-electron chi connectivity index (χ1n) is 16.0. The van der Waals surface area contributed by atoms with Crippen molar-refractivity contribution in [1.29, 1.82) is 0 Å². The molecule has 0 unspecified atom stereocenters. The van der Waals surface area contributed by atoms with Crippen LogP contribution in [0, 0.1) is 0 Å². The van der Waals surface area contributed by atoms with Gasteiger partial charge in [-0.15, -0.1) is 0 Å². The van der Waals surface area contributed by atoms with Crippen molar-refractivity contribution in [3.8, 4) is 33.5 Å². The van der Waals surface area contributed by atoms with Crippen molar-refractivity contribution in [2.45, 2.75) is 0 Å². The Balaban J connectivity index is 1.33. The summed E-state index contributed by atoms with van der Waals surface area (Å²) in [5.74, 6) is 0. The molecule has 10 aromatic rings. The topological polar surface area (TPSA) is 12.9 Å². The van der Waals surface area contributed by atoms with Crippen LogP contribution in [0.3, 0.4) is 0 Å². The predicted molar refractivity (Wildman–Crippen MR) is 203 cm³/mol. The van der Waals surface area contributed by atoms with Crippen molar-refractivity contribution >= 4 is 76.9 Å². The number of fused-ring (bicyclic) bond motifs is 7. The van der Waals surface area contributed by atoms with Crippen LogP contribution < -0.4 is 0 Å². The second-order valence-corrected chi connectivity index (χ2v) is 14.5. The fourth-order valence-electron chi connectivity index (χ4n) is 7.49. The average Bonchev–Trinajstić information content (AvgIpc) is 3.52. The summed E-state index contributed by atoms with van der Waals surface area (Å²) in [5, 5.41) is 12.7. The van der Waals surface area contributed by atoms with Crippen LogP contribution in [-0.4, -0.2) is 19.5 Å². The second-order valence-electron chi connectivity index (χ2n) is 12.3. The number of hydrogen-bond acceptors (Lipinski definition) is 1. The van der Waals surface area contributed by atoms with E-state index in [9.17, 15) is 0 Å². The molecule has 0 fully saturated rings. The van der Waals surface area contributed by atoms with Gasteiger partial charge in [-0.1, -0.05) is 6.07 Å². The maximum absolute atomic E-state index is 5.05. The number of pyridine rings is 1. The number of benzene rings is 8.